The monoisotopic (exact) mass is 367 g/mol. The zero-order chi connectivity index (χ0) is 18.3. The molecule has 0 aliphatic carbocycles. The minimum Gasteiger partial charge on any atom is -0.386 e. The van der Waals surface area contributed by atoms with E-state index in [0.29, 0.717) is 18.0 Å². The molecule has 0 aliphatic heterocycles. The van der Waals surface area contributed by atoms with Crippen LogP contribution in [0.1, 0.15) is 37.6 Å². The van der Waals surface area contributed by atoms with Gasteiger partial charge in [0.25, 0.3) is 0 Å². The summed E-state index contributed by atoms with van der Waals surface area (Å²) in [4.78, 5) is 0.944. The molecule has 1 unspecified atom stereocenters. The van der Waals surface area contributed by atoms with E-state index in [1.54, 1.807) is 15.9 Å². The van der Waals surface area contributed by atoms with Crippen LogP contribution in [0, 0.1) is 0 Å². The van der Waals surface area contributed by atoms with Gasteiger partial charge in [0.05, 0.1) is 0 Å². The van der Waals surface area contributed by atoms with Crippen LogP contribution in [-0.4, -0.2) is 31.5 Å². The predicted octanol–water partition coefficient (Wildman–Crippen LogP) is 3.78. The van der Waals surface area contributed by atoms with Gasteiger partial charge in [-0.2, -0.15) is 4.52 Å². The van der Waals surface area contributed by atoms with Crippen molar-refractivity contribution in [2.75, 3.05) is 11.9 Å². The molecule has 4 aromatic rings. The Morgan fingerprint density at radius 2 is 1.96 bits per heavy atom. The average molecular weight is 367 g/mol. The fourth-order valence-electron chi connectivity index (χ4n) is 2.82. The fourth-order valence-corrected chi connectivity index (χ4v) is 3.87. The van der Waals surface area contributed by atoms with Crippen molar-refractivity contribution in [3.05, 3.63) is 53.2 Å². The standard InChI is InChI=1S/C19H21N5OS/c1-19(2,3)18-22-21-17-9-8-16(23-24(17)18)20-11-13(25)15-10-12-6-4-5-7-14(12)26-15/h4-10,13,25H,11H2,1-3H3,(H,20,23). The van der Waals surface area contributed by atoms with Crippen LogP contribution >= 0.6 is 11.3 Å². The van der Waals surface area contributed by atoms with Crippen molar-refractivity contribution < 1.29 is 5.11 Å². The topological polar surface area (TPSA) is 75.3 Å². The molecule has 26 heavy (non-hydrogen) atoms. The normalized spacial score (nSPS) is 13.4. The molecule has 1 aromatic carbocycles. The van der Waals surface area contributed by atoms with E-state index >= 15 is 0 Å². The van der Waals surface area contributed by atoms with Gasteiger partial charge in [-0.15, -0.1) is 26.6 Å². The molecule has 3 heterocycles. The number of anilines is 1. The second-order valence-corrected chi connectivity index (χ2v) is 8.46. The van der Waals surface area contributed by atoms with Crippen LogP contribution < -0.4 is 5.32 Å². The number of fused-ring (bicyclic) bond motifs is 2. The molecule has 0 saturated heterocycles. The van der Waals surface area contributed by atoms with E-state index in [4.69, 9.17) is 0 Å². The maximum absolute atomic E-state index is 10.5. The molecule has 1 atom stereocenters. The minimum atomic E-state index is -0.590. The van der Waals surface area contributed by atoms with Crippen LogP contribution in [0.15, 0.2) is 42.5 Å². The SMILES string of the molecule is CC(C)(C)c1nnc2ccc(NCC(O)c3cc4ccccc4s3)nn12. The van der Waals surface area contributed by atoms with Gasteiger partial charge in [0.15, 0.2) is 11.5 Å². The third-order valence-corrected chi connectivity index (χ3v) is 5.40. The summed E-state index contributed by atoms with van der Waals surface area (Å²) in [6.45, 7) is 6.63. The molecule has 0 aliphatic rings. The fraction of sp³-hybridized carbons (Fsp3) is 0.316. The Morgan fingerprint density at radius 1 is 1.15 bits per heavy atom. The summed E-state index contributed by atoms with van der Waals surface area (Å²) in [7, 11) is 0. The van der Waals surface area contributed by atoms with E-state index in [1.165, 1.54) is 4.70 Å². The van der Waals surface area contributed by atoms with E-state index in [2.05, 4.69) is 53.5 Å². The summed E-state index contributed by atoms with van der Waals surface area (Å²) < 4.78 is 2.94. The van der Waals surface area contributed by atoms with Crippen LogP contribution in [0.5, 0.6) is 0 Å². The molecule has 3 aromatic heterocycles. The van der Waals surface area contributed by atoms with Gasteiger partial charge in [0.2, 0.25) is 0 Å². The lowest BCUT2D eigenvalue weighted by Crippen LogP contribution is -2.18. The molecule has 0 saturated carbocycles. The Kier molecular flexibility index (Phi) is 4.13. The molecule has 0 bridgehead atoms. The molecule has 7 heteroatoms. The van der Waals surface area contributed by atoms with Crippen LogP contribution in [-0.2, 0) is 5.41 Å². The number of nitrogens with one attached hydrogen (secondary N) is 1. The second kappa shape index (κ2) is 6.34. The summed E-state index contributed by atoms with van der Waals surface area (Å²) in [5.41, 5.74) is 0.562. The smallest absolute Gasteiger partial charge is 0.178 e. The lowest BCUT2D eigenvalue weighted by atomic mass is 9.96. The molecule has 2 N–H and O–H groups in total. The number of thiophene rings is 1. The Bertz CT molecular complexity index is 1030. The van der Waals surface area contributed by atoms with Gasteiger partial charge >= 0.3 is 0 Å². The van der Waals surface area contributed by atoms with Crippen LogP contribution in [0.25, 0.3) is 15.7 Å². The predicted molar refractivity (Wildman–Crippen MR) is 105 cm³/mol. The third kappa shape index (κ3) is 3.15. The zero-order valence-corrected chi connectivity index (χ0v) is 15.8. The summed E-state index contributed by atoms with van der Waals surface area (Å²) in [6, 6.07) is 13.9. The molecule has 4 rings (SSSR count). The lowest BCUT2D eigenvalue weighted by Gasteiger charge is -2.15. The number of hydrogen-bond acceptors (Lipinski definition) is 6. The number of aliphatic hydroxyl groups is 1. The number of aliphatic hydroxyl groups excluding tert-OH is 1. The molecular weight excluding hydrogens is 346 g/mol. The first-order chi connectivity index (χ1) is 12.4. The van der Waals surface area contributed by atoms with Crippen molar-refractivity contribution in [2.24, 2.45) is 0 Å². The Labute approximate surface area is 155 Å². The first-order valence-electron chi connectivity index (χ1n) is 8.55. The van der Waals surface area contributed by atoms with Gasteiger partial charge in [0, 0.05) is 21.5 Å². The van der Waals surface area contributed by atoms with E-state index < -0.39 is 6.10 Å². The number of rotatable bonds is 4. The highest BCUT2D eigenvalue weighted by molar-refractivity contribution is 7.19. The summed E-state index contributed by atoms with van der Waals surface area (Å²) in [5, 5.41) is 27.9. The highest BCUT2D eigenvalue weighted by Crippen LogP contribution is 2.30. The highest BCUT2D eigenvalue weighted by Gasteiger charge is 2.22. The largest absolute Gasteiger partial charge is 0.386 e. The van der Waals surface area contributed by atoms with E-state index in [1.807, 2.05) is 30.3 Å². The molecule has 0 amide bonds. The third-order valence-electron chi connectivity index (χ3n) is 4.18. The summed E-state index contributed by atoms with van der Waals surface area (Å²) in [5.74, 6) is 1.49. The number of aromatic nitrogens is 4. The van der Waals surface area contributed by atoms with Crippen LogP contribution in [0.4, 0.5) is 5.82 Å². The molecular formula is C19H21N5OS. The first-order valence-corrected chi connectivity index (χ1v) is 9.37. The Morgan fingerprint density at radius 3 is 2.73 bits per heavy atom. The van der Waals surface area contributed by atoms with Gasteiger partial charge in [-0.25, -0.2) is 0 Å². The van der Waals surface area contributed by atoms with Crippen molar-refractivity contribution in [2.45, 2.75) is 32.3 Å². The number of benzene rings is 1. The Balaban J connectivity index is 1.53. The molecule has 0 spiro atoms. The number of nitrogens with zero attached hydrogens (tertiary/aromatic N) is 4. The van der Waals surface area contributed by atoms with Gasteiger partial charge in [0.1, 0.15) is 11.9 Å². The number of hydrogen-bond donors (Lipinski definition) is 2. The maximum Gasteiger partial charge on any atom is 0.178 e. The van der Waals surface area contributed by atoms with Crippen LogP contribution in [0.2, 0.25) is 0 Å². The molecule has 0 fully saturated rings. The van der Waals surface area contributed by atoms with E-state index in [9.17, 15) is 5.11 Å². The lowest BCUT2D eigenvalue weighted by molar-refractivity contribution is 0.195. The molecule has 6 nitrogen and oxygen atoms in total. The van der Waals surface area contributed by atoms with Crippen molar-refractivity contribution in [1.82, 2.24) is 19.8 Å². The average Bonchev–Trinajstić information content (AvgIpc) is 3.22. The van der Waals surface area contributed by atoms with Crippen molar-refractivity contribution in [3.8, 4) is 0 Å². The van der Waals surface area contributed by atoms with Gasteiger partial charge in [-0.3, -0.25) is 0 Å². The van der Waals surface area contributed by atoms with Crippen molar-refractivity contribution in [3.63, 3.8) is 0 Å². The Hall–Kier alpha value is -2.51. The quantitative estimate of drug-likeness (QED) is 0.574. The van der Waals surface area contributed by atoms with E-state index in [0.717, 1.165) is 16.1 Å². The molecule has 0 radical (unpaired) electrons. The van der Waals surface area contributed by atoms with Gasteiger partial charge in [-0.1, -0.05) is 39.0 Å². The van der Waals surface area contributed by atoms with Crippen molar-refractivity contribution >= 4 is 32.9 Å². The van der Waals surface area contributed by atoms with Crippen LogP contribution in [0.3, 0.4) is 0 Å². The van der Waals surface area contributed by atoms with Crippen molar-refractivity contribution in [1.29, 1.82) is 0 Å². The first kappa shape index (κ1) is 16.9. The minimum absolute atomic E-state index is 0.151. The highest BCUT2D eigenvalue weighted by atomic mass is 32.1. The maximum atomic E-state index is 10.5. The second-order valence-electron chi connectivity index (χ2n) is 7.35. The van der Waals surface area contributed by atoms with E-state index in [-0.39, 0.29) is 5.41 Å². The summed E-state index contributed by atoms with van der Waals surface area (Å²) >= 11 is 1.61. The van der Waals surface area contributed by atoms with Gasteiger partial charge in [-0.05, 0) is 29.7 Å². The van der Waals surface area contributed by atoms with Gasteiger partial charge < -0.3 is 10.4 Å². The zero-order valence-electron chi connectivity index (χ0n) is 15.0. The molecule has 134 valence electrons. The summed E-state index contributed by atoms with van der Waals surface area (Å²) in [6.07, 6.45) is -0.590.